The van der Waals surface area contributed by atoms with Gasteiger partial charge >= 0.3 is 0 Å². The molecule has 130 valence electrons. The quantitative estimate of drug-likeness (QED) is 0.503. The Hall–Kier alpha value is -3.59. The van der Waals surface area contributed by atoms with E-state index in [1.54, 1.807) is 0 Å². The van der Waals surface area contributed by atoms with Crippen LogP contribution in [0, 0.1) is 0 Å². The lowest BCUT2D eigenvalue weighted by molar-refractivity contribution is -0.113. The fourth-order valence-electron chi connectivity index (χ4n) is 3.74. The first-order valence-corrected chi connectivity index (χ1v) is 9.04. The van der Waals surface area contributed by atoms with E-state index >= 15 is 0 Å². The molecule has 0 saturated carbocycles. The van der Waals surface area contributed by atoms with Crippen LogP contribution in [-0.4, -0.2) is 10.9 Å². The molecule has 0 unspecified atom stereocenters. The normalized spacial score (nSPS) is 14.9. The molecule has 1 aromatic heterocycles. The molecule has 1 aliphatic heterocycles. The molecule has 3 aromatic carbocycles. The Morgan fingerprint density at radius 2 is 1.59 bits per heavy atom. The molecule has 3 nitrogen and oxygen atoms in total. The number of aromatic nitrogens is 1. The van der Waals surface area contributed by atoms with Crippen molar-refractivity contribution in [2.24, 2.45) is 0 Å². The van der Waals surface area contributed by atoms with Gasteiger partial charge in [0, 0.05) is 33.8 Å². The van der Waals surface area contributed by atoms with E-state index < -0.39 is 0 Å². The van der Waals surface area contributed by atoms with Crippen LogP contribution in [0.4, 0.5) is 5.69 Å². The van der Waals surface area contributed by atoms with Crippen molar-refractivity contribution < 1.29 is 4.79 Å². The number of nitrogens with zero attached hydrogens (tertiary/aromatic N) is 1. The van der Waals surface area contributed by atoms with Gasteiger partial charge < -0.3 is 9.88 Å². The van der Waals surface area contributed by atoms with Crippen molar-refractivity contribution in [3.8, 4) is 0 Å². The largest absolute Gasteiger partial charge is 0.361 e. The molecule has 2 heterocycles. The van der Waals surface area contributed by atoms with Crippen LogP contribution in [0.3, 0.4) is 0 Å². The highest BCUT2D eigenvalue weighted by molar-refractivity contribution is 6.36. The molecular weight excluding hydrogens is 332 g/mol. The SMILES string of the molecule is O=C1C(=Cc2c[nH]c3ccccc23)c2ccccc2N1Cc1ccccc1. The van der Waals surface area contributed by atoms with Crippen molar-refractivity contribution in [2.75, 3.05) is 4.90 Å². The summed E-state index contributed by atoms with van der Waals surface area (Å²) in [6, 6.07) is 26.3. The first kappa shape index (κ1) is 15.6. The van der Waals surface area contributed by atoms with Gasteiger partial charge in [-0.1, -0.05) is 66.7 Å². The maximum Gasteiger partial charge on any atom is 0.259 e. The lowest BCUT2D eigenvalue weighted by Crippen LogP contribution is -2.25. The molecule has 4 aromatic rings. The minimum absolute atomic E-state index is 0.0466. The van der Waals surface area contributed by atoms with Gasteiger partial charge in [0.15, 0.2) is 0 Å². The van der Waals surface area contributed by atoms with E-state index in [0.29, 0.717) is 6.54 Å². The second-order valence-electron chi connectivity index (χ2n) is 6.74. The summed E-state index contributed by atoms with van der Waals surface area (Å²) in [5.74, 6) is 0.0466. The molecule has 0 bridgehead atoms. The predicted octanol–water partition coefficient (Wildman–Crippen LogP) is 5.26. The Morgan fingerprint density at radius 3 is 2.48 bits per heavy atom. The van der Waals surface area contributed by atoms with Gasteiger partial charge in [-0.15, -0.1) is 0 Å². The Bertz CT molecular complexity index is 1170. The number of H-pyrrole nitrogens is 1. The van der Waals surface area contributed by atoms with Crippen LogP contribution in [0.2, 0.25) is 0 Å². The number of anilines is 1. The number of carbonyl (C=O) groups excluding carboxylic acids is 1. The summed E-state index contributed by atoms with van der Waals surface area (Å²) in [4.78, 5) is 18.4. The van der Waals surface area contributed by atoms with E-state index in [-0.39, 0.29) is 5.91 Å². The summed E-state index contributed by atoms with van der Waals surface area (Å²) in [6.07, 6.45) is 3.97. The molecule has 1 amide bonds. The van der Waals surface area contributed by atoms with Crippen LogP contribution in [-0.2, 0) is 11.3 Å². The number of benzene rings is 3. The second kappa shape index (κ2) is 6.29. The smallest absolute Gasteiger partial charge is 0.259 e. The molecule has 27 heavy (non-hydrogen) atoms. The highest BCUT2D eigenvalue weighted by Crippen LogP contribution is 2.39. The lowest BCUT2D eigenvalue weighted by Gasteiger charge is -2.17. The molecule has 0 fully saturated rings. The average Bonchev–Trinajstić information content (AvgIpc) is 3.24. The fraction of sp³-hybridized carbons (Fsp3) is 0.0417. The second-order valence-corrected chi connectivity index (χ2v) is 6.74. The molecule has 1 N–H and O–H groups in total. The Labute approximate surface area is 157 Å². The predicted molar refractivity (Wildman–Crippen MR) is 110 cm³/mol. The minimum atomic E-state index is 0.0466. The first-order chi connectivity index (χ1) is 13.3. The number of hydrogen-bond donors (Lipinski definition) is 1. The number of fused-ring (bicyclic) bond motifs is 2. The third-order valence-corrected chi connectivity index (χ3v) is 5.07. The van der Waals surface area contributed by atoms with Crippen LogP contribution in [0.5, 0.6) is 0 Å². The number of hydrogen-bond acceptors (Lipinski definition) is 1. The highest BCUT2D eigenvalue weighted by atomic mass is 16.2. The minimum Gasteiger partial charge on any atom is -0.361 e. The van der Waals surface area contributed by atoms with E-state index in [1.165, 1.54) is 0 Å². The Kier molecular flexibility index (Phi) is 3.65. The van der Waals surface area contributed by atoms with E-state index in [4.69, 9.17) is 0 Å². The van der Waals surface area contributed by atoms with Crippen molar-refractivity contribution in [2.45, 2.75) is 6.54 Å². The topological polar surface area (TPSA) is 36.1 Å². The van der Waals surface area contributed by atoms with Crippen molar-refractivity contribution in [1.82, 2.24) is 4.98 Å². The van der Waals surface area contributed by atoms with E-state index in [2.05, 4.69) is 23.2 Å². The summed E-state index contributed by atoms with van der Waals surface area (Å²) in [5.41, 5.74) is 5.93. The molecule has 0 radical (unpaired) electrons. The van der Waals surface area contributed by atoms with Crippen LogP contribution in [0.1, 0.15) is 16.7 Å². The van der Waals surface area contributed by atoms with Crippen molar-refractivity contribution >= 4 is 34.1 Å². The van der Waals surface area contributed by atoms with E-state index in [1.807, 2.05) is 77.8 Å². The lowest BCUT2D eigenvalue weighted by atomic mass is 10.0. The first-order valence-electron chi connectivity index (χ1n) is 9.04. The third-order valence-electron chi connectivity index (χ3n) is 5.07. The molecule has 0 spiro atoms. The zero-order valence-electron chi connectivity index (χ0n) is 14.7. The molecule has 5 rings (SSSR count). The molecule has 0 atom stereocenters. The van der Waals surface area contributed by atoms with Crippen molar-refractivity contribution in [3.63, 3.8) is 0 Å². The Morgan fingerprint density at radius 1 is 0.852 bits per heavy atom. The zero-order valence-corrected chi connectivity index (χ0v) is 14.7. The van der Waals surface area contributed by atoms with Crippen molar-refractivity contribution in [3.05, 3.63) is 102 Å². The summed E-state index contributed by atoms with van der Waals surface area (Å²) < 4.78 is 0. The van der Waals surface area contributed by atoms with Crippen LogP contribution >= 0.6 is 0 Å². The summed E-state index contributed by atoms with van der Waals surface area (Å²) >= 11 is 0. The molecule has 0 saturated heterocycles. The monoisotopic (exact) mass is 350 g/mol. The number of aromatic amines is 1. The average molecular weight is 350 g/mol. The number of carbonyl (C=O) groups is 1. The number of para-hydroxylation sites is 2. The molecule has 0 aliphatic carbocycles. The number of amides is 1. The van der Waals surface area contributed by atoms with Gasteiger partial charge in [-0.3, -0.25) is 4.79 Å². The number of rotatable bonds is 3. The van der Waals surface area contributed by atoms with Gasteiger partial charge in [0.25, 0.3) is 5.91 Å². The van der Waals surface area contributed by atoms with Crippen LogP contribution in [0.25, 0.3) is 22.6 Å². The van der Waals surface area contributed by atoms with Crippen LogP contribution < -0.4 is 4.90 Å². The maximum absolute atomic E-state index is 13.3. The molecule has 1 aliphatic rings. The third kappa shape index (κ3) is 2.64. The molecule has 3 heteroatoms. The van der Waals surface area contributed by atoms with Crippen LogP contribution in [0.15, 0.2) is 85.1 Å². The summed E-state index contributed by atoms with van der Waals surface area (Å²) in [6.45, 7) is 0.571. The van der Waals surface area contributed by atoms with Gasteiger partial charge in [0.1, 0.15) is 0 Å². The fourth-order valence-corrected chi connectivity index (χ4v) is 3.74. The van der Waals surface area contributed by atoms with Gasteiger partial charge in [-0.2, -0.15) is 0 Å². The number of nitrogens with one attached hydrogen (secondary N) is 1. The maximum atomic E-state index is 13.3. The standard InChI is InChI=1S/C24H18N2O/c27-24-21(14-18-15-25-22-12-6-4-10-19(18)22)20-11-5-7-13-23(20)26(24)16-17-8-2-1-3-9-17/h1-15,25H,16H2. The van der Waals surface area contributed by atoms with Gasteiger partial charge in [0.05, 0.1) is 12.2 Å². The molecular formula is C24H18N2O. The summed E-state index contributed by atoms with van der Waals surface area (Å²) in [7, 11) is 0. The Balaban J connectivity index is 1.60. The van der Waals surface area contributed by atoms with Gasteiger partial charge in [-0.25, -0.2) is 0 Å². The van der Waals surface area contributed by atoms with Crippen molar-refractivity contribution in [1.29, 1.82) is 0 Å². The highest BCUT2D eigenvalue weighted by Gasteiger charge is 2.32. The summed E-state index contributed by atoms with van der Waals surface area (Å²) in [5, 5.41) is 1.12. The van der Waals surface area contributed by atoms with Gasteiger partial charge in [0.2, 0.25) is 0 Å². The van der Waals surface area contributed by atoms with E-state index in [9.17, 15) is 4.79 Å². The zero-order chi connectivity index (χ0) is 18.2. The van der Waals surface area contributed by atoms with Gasteiger partial charge in [-0.05, 0) is 23.8 Å². The van der Waals surface area contributed by atoms with E-state index in [0.717, 1.165) is 38.9 Å².